The fraction of sp³-hybridized carbons (Fsp3) is 0.357. The Bertz CT molecular complexity index is 432. The molecule has 0 N–H and O–H groups in total. The van der Waals surface area contributed by atoms with Gasteiger partial charge in [0.25, 0.3) is 0 Å². The van der Waals surface area contributed by atoms with Crippen molar-refractivity contribution in [3.8, 4) is 5.75 Å². The van der Waals surface area contributed by atoms with Crippen LogP contribution in [0.25, 0.3) is 0 Å². The van der Waals surface area contributed by atoms with Gasteiger partial charge in [-0.05, 0) is 49.6 Å². The first-order valence-corrected chi connectivity index (χ1v) is 5.79. The summed E-state index contributed by atoms with van der Waals surface area (Å²) in [6.45, 7) is 0. The lowest BCUT2D eigenvalue weighted by Crippen LogP contribution is -2.08. The van der Waals surface area contributed by atoms with Gasteiger partial charge in [0.05, 0.1) is 25.6 Å². The lowest BCUT2D eigenvalue weighted by Gasteiger charge is -2.14. The maximum atomic E-state index is 5.33. The lowest BCUT2D eigenvalue weighted by molar-refractivity contribution is 0.309. The monoisotopic (exact) mass is 231 g/mol. The summed E-state index contributed by atoms with van der Waals surface area (Å²) in [4.78, 5) is 4.61. The molecule has 0 aromatic heterocycles. The first kappa shape index (κ1) is 11.7. The molecule has 1 aromatic rings. The average molecular weight is 231 g/mol. The zero-order valence-electron chi connectivity index (χ0n) is 10.3. The highest BCUT2D eigenvalue weighted by Crippen LogP contribution is 2.22. The molecule has 0 aliphatic heterocycles. The molecule has 1 aromatic carbocycles. The fourth-order valence-corrected chi connectivity index (χ4v) is 1.87. The number of ether oxygens (including phenoxy) is 2. The van der Waals surface area contributed by atoms with Crippen molar-refractivity contribution in [3.05, 3.63) is 36.1 Å². The molecule has 0 atom stereocenters. The van der Waals surface area contributed by atoms with Crippen molar-refractivity contribution in [2.75, 3.05) is 14.2 Å². The Morgan fingerprint density at radius 3 is 2.47 bits per heavy atom. The van der Waals surface area contributed by atoms with Crippen molar-refractivity contribution in [2.45, 2.75) is 19.3 Å². The molecule has 0 amide bonds. The van der Waals surface area contributed by atoms with Gasteiger partial charge in [-0.15, -0.1) is 0 Å². The van der Waals surface area contributed by atoms with Crippen LogP contribution in [0.5, 0.6) is 5.75 Å². The quantitative estimate of drug-likeness (QED) is 0.797. The van der Waals surface area contributed by atoms with Crippen molar-refractivity contribution in [1.29, 1.82) is 0 Å². The fourth-order valence-electron chi connectivity index (χ4n) is 1.87. The average Bonchev–Trinajstić information content (AvgIpc) is 2.40. The van der Waals surface area contributed by atoms with E-state index in [2.05, 4.69) is 11.1 Å². The maximum absolute atomic E-state index is 5.33. The molecule has 2 rings (SSSR count). The number of hydrogen-bond acceptors (Lipinski definition) is 3. The van der Waals surface area contributed by atoms with Crippen LogP contribution in [-0.2, 0) is 4.74 Å². The third kappa shape index (κ3) is 2.87. The largest absolute Gasteiger partial charge is 0.497 e. The third-order valence-electron chi connectivity index (χ3n) is 2.79. The smallest absolute Gasteiger partial charge is 0.136 e. The number of aliphatic imine (C=N–C) groups is 1. The molecular formula is C14H17NO2. The number of methoxy groups -OCH3 is 2. The van der Waals surface area contributed by atoms with E-state index in [-0.39, 0.29) is 0 Å². The Hall–Kier alpha value is -1.77. The van der Waals surface area contributed by atoms with Gasteiger partial charge in [0.15, 0.2) is 0 Å². The Kier molecular flexibility index (Phi) is 3.81. The number of allylic oxidation sites excluding steroid dienone is 2. The van der Waals surface area contributed by atoms with Gasteiger partial charge in [0.2, 0.25) is 0 Å². The Morgan fingerprint density at radius 2 is 1.82 bits per heavy atom. The minimum atomic E-state index is 0.847. The molecule has 0 radical (unpaired) electrons. The summed E-state index contributed by atoms with van der Waals surface area (Å²) >= 11 is 0. The molecule has 1 aliphatic carbocycles. The van der Waals surface area contributed by atoms with Gasteiger partial charge >= 0.3 is 0 Å². The molecule has 3 heteroatoms. The van der Waals surface area contributed by atoms with Gasteiger partial charge in [0.1, 0.15) is 11.5 Å². The maximum Gasteiger partial charge on any atom is 0.136 e. The molecule has 0 saturated carbocycles. The number of rotatable bonds is 3. The van der Waals surface area contributed by atoms with Gasteiger partial charge in [0, 0.05) is 0 Å². The summed E-state index contributed by atoms with van der Waals surface area (Å²) in [7, 11) is 3.36. The molecule has 1 aliphatic rings. The van der Waals surface area contributed by atoms with Crippen LogP contribution in [0.15, 0.2) is 41.1 Å². The van der Waals surface area contributed by atoms with E-state index < -0.39 is 0 Å². The second-order valence-corrected chi connectivity index (χ2v) is 3.92. The SMILES string of the molecule is COC1=CCCC/C1=N/c1ccc(OC)cc1. The predicted octanol–water partition coefficient (Wildman–Crippen LogP) is 3.48. The standard InChI is InChI=1S/C14H17NO2/c1-16-12-9-7-11(8-10-12)15-13-5-3-4-6-14(13)17-2/h6-10H,3-5H2,1-2H3/b15-13-. The summed E-state index contributed by atoms with van der Waals surface area (Å²) in [5.74, 6) is 1.76. The molecule has 90 valence electrons. The summed E-state index contributed by atoms with van der Waals surface area (Å²) in [6, 6.07) is 7.73. The van der Waals surface area contributed by atoms with Crippen molar-refractivity contribution < 1.29 is 9.47 Å². The minimum Gasteiger partial charge on any atom is -0.497 e. The van der Waals surface area contributed by atoms with Crippen LogP contribution in [0.3, 0.4) is 0 Å². The molecule has 0 unspecified atom stereocenters. The van der Waals surface area contributed by atoms with Crippen molar-refractivity contribution in [3.63, 3.8) is 0 Å². The van der Waals surface area contributed by atoms with Crippen LogP contribution in [0.2, 0.25) is 0 Å². The van der Waals surface area contributed by atoms with Gasteiger partial charge < -0.3 is 9.47 Å². The zero-order chi connectivity index (χ0) is 12.1. The first-order chi connectivity index (χ1) is 8.33. The van der Waals surface area contributed by atoms with E-state index in [0.717, 1.165) is 42.2 Å². The number of hydrogen-bond donors (Lipinski definition) is 0. The predicted molar refractivity (Wildman–Crippen MR) is 69.0 cm³/mol. The van der Waals surface area contributed by atoms with Crippen LogP contribution in [0, 0.1) is 0 Å². The molecule has 0 saturated heterocycles. The summed E-state index contributed by atoms with van der Waals surface area (Å²) in [5.41, 5.74) is 1.97. The van der Waals surface area contributed by atoms with Gasteiger partial charge in [-0.25, -0.2) is 4.99 Å². The number of nitrogens with zero attached hydrogens (tertiary/aromatic N) is 1. The topological polar surface area (TPSA) is 30.8 Å². The highest BCUT2D eigenvalue weighted by atomic mass is 16.5. The van der Waals surface area contributed by atoms with E-state index in [9.17, 15) is 0 Å². The van der Waals surface area contributed by atoms with E-state index >= 15 is 0 Å². The van der Waals surface area contributed by atoms with Crippen molar-refractivity contribution >= 4 is 11.4 Å². The second-order valence-electron chi connectivity index (χ2n) is 3.92. The van der Waals surface area contributed by atoms with E-state index in [1.165, 1.54) is 0 Å². The Labute approximate surface area is 102 Å². The van der Waals surface area contributed by atoms with E-state index in [1.54, 1.807) is 14.2 Å². The number of benzene rings is 1. The highest BCUT2D eigenvalue weighted by Gasteiger charge is 2.11. The molecular weight excluding hydrogens is 214 g/mol. The van der Waals surface area contributed by atoms with Crippen LogP contribution in [0.4, 0.5) is 5.69 Å². The Balaban J connectivity index is 2.22. The van der Waals surface area contributed by atoms with Crippen LogP contribution in [0.1, 0.15) is 19.3 Å². The summed E-state index contributed by atoms with van der Waals surface area (Å²) < 4.78 is 10.4. The van der Waals surface area contributed by atoms with Crippen molar-refractivity contribution in [1.82, 2.24) is 0 Å². The Morgan fingerprint density at radius 1 is 1.06 bits per heavy atom. The van der Waals surface area contributed by atoms with E-state index in [4.69, 9.17) is 9.47 Å². The van der Waals surface area contributed by atoms with Gasteiger partial charge in [-0.2, -0.15) is 0 Å². The van der Waals surface area contributed by atoms with Gasteiger partial charge in [-0.1, -0.05) is 0 Å². The highest BCUT2D eigenvalue weighted by molar-refractivity contribution is 6.00. The molecule has 0 heterocycles. The second kappa shape index (κ2) is 5.53. The van der Waals surface area contributed by atoms with E-state index in [1.807, 2.05) is 24.3 Å². The zero-order valence-corrected chi connectivity index (χ0v) is 10.3. The van der Waals surface area contributed by atoms with E-state index in [0.29, 0.717) is 0 Å². The minimum absolute atomic E-state index is 0.847. The van der Waals surface area contributed by atoms with Crippen molar-refractivity contribution in [2.24, 2.45) is 4.99 Å². The normalized spacial score (nSPS) is 17.8. The summed E-state index contributed by atoms with van der Waals surface area (Å²) in [6.07, 6.45) is 5.30. The van der Waals surface area contributed by atoms with Crippen LogP contribution >= 0.6 is 0 Å². The third-order valence-corrected chi connectivity index (χ3v) is 2.79. The van der Waals surface area contributed by atoms with Gasteiger partial charge in [-0.3, -0.25) is 0 Å². The van der Waals surface area contributed by atoms with Crippen LogP contribution < -0.4 is 4.74 Å². The van der Waals surface area contributed by atoms with Crippen LogP contribution in [-0.4, -0.2) is 19.9 Å². The first-order valence-electron chi connectivity index (χ1n) is 5.79. The molecule has 3 nitrogen and oxygen atoms in total. The molecule has 0 bridgehead atoms. The molecule has 0 spiro atoms. The lowest BCUT2D eigenvalue weighted by atomic mass is 10.0. The summed E-state index contributed by atoms with van der Waals surface area (Å²) in [5, 5.41) is 0. The molecule has 0 fully saturated rings. The molecule has 17 heavy (non-hydrogen) atoms.